The summed E-state index contributed by atoms with van der Waals surface area (Å²) in [6, 6.07) is 0.608. The maximum atomic E-state index is 5.53. The Balaban J connectivity index is 1.81. The van der Waals surface area contributed by atoms with Gasteiger partial charge in [-0.1, -0.05) is 6.92 Å². The van der Waals surface area contributed by atoms with Gasteiger partial charge in [-0.25, -0.2) is 0 Å². The average Bonchev–Trinajstić information content (AvgIpc) is 2.24. The van der Waals surface area contributed by atoms with Crippen molar-refractivity contribution in [1.29, 1.82) is 0 Å². The third kappa shape index (κ3) is 3.18. The summed E-state index contributed by atoms with van der Waals surface area (Å²) in [5.74, 6) is 0.933. The SMILES string of the molecule is CC1CCC(C)(NC2CCCOC2)CC1. The fourth-order valence-corrected chi connectivity index (χ4v) is 2.89. The Morgan fingerprint density at radius 3 is 2.53 bits per heavy atom. The lowest BCUT2D eigenvalue weighted by Gasteiger charge is -2.41. The second kappa shape index (κ2) is 4.84. The van der Waals surface area contributed by atoms with Gasteiger partial charge in [0.15, 0.2) is 0 Å². The Morgan fingerprint density at radius 2 is 1.93 bits per heavy atom. The molecule has 88 valence electrons. The lowest BCUT2D eigenvalue weighted by molar-refractivity contribution is 0.0517. The standard InChI is InChI=1S/C13H25NO/c1-11-5-7-13(2,8-6-11)14-12-4-3-9-15-10-12/h11-12,14H,3-10H2,1-2H3. The van der Waals surface area contributed by atoms with E-state index in [-0.39, 0.29) is 0 Å². The Morgan fingerprint density at radius 1 is 1.20 bits per heavy atom. The van der Waals surface area contributed by atoms with E-state index in [1.54, 1.807) is 0 Å². The van der Waals surface area contributed by atoms with Gasteiger partial charge >= 0.3 is 0 Å². The Labute approximate surface area is 93.8 Å². The molecule has 15 heavy (non-hydrogen) atoms. The zero-order chi connectivity index (χ0) is 10.7. The first-order chi connectivity index (χ1) is 7.18. The highest BCUT2D eigenvalue weighted by Crippen LogP contribution is 2.32. The molecule has 1 N–H and O–H groups in total. The maximum Gasteiger partial charge on any atom is 0.0619 e. The van der Waals surface area contributed by atoms with Gasteiger partial charge in [-0.05, 0) is 51.4 Å². The third-order valence-electron chi connectivity index (χ3n) is 4.09. The first-order valence-corrected chi connectivity index (χ1v) is 6.53. The van der Waals surface area contributed by atoms with Crippen molar-refractivity contribution in [3.8, 4) is 0 Å². The molecule has 1 aliphatic heterocycles. The zero-order valence-corrected chi connectivity index (χ0v) is 10.2. The van der Waals surface area contributed by atoms with Gasteiger partial charge in [0.1, 0.15) is 0 Å². The Kier molecular flexibility index (Phi) is 3.68. The van der Waals surface area contributed by atoms with Crippen LogP contribution in [0.25, 0.3) is 0 Å². The van der Waals surface area contributed by atoms with Crippen LogP contribution in [-0.2, 0) is 4.74 Å². The summed E-state index contributed by atoms with van der Waals surface area (Å²) in [6.07, 6.45) is 7.97. The summed E-state index contributed by atoms with van der Waals surface area (Å²) >= 11 is 0. The lowest BCUT2D eigenvalue weighted by atomic mass is 9.78. The summed E-state index contributed by atoms with van der Waals surface area (Å²) in [5.41, 5.74) is 0.387. The fourth-order valence-electron chi connectivity index (χ4n) is 2.89. The van der Waals surface area contributed by atoms with Crippen LogP contribution in [0.15, 0.2) is 0 Å². The maximum absolute atomic E-state index is 5.53. The van der Waals surface area contributed by atoms with Gasteiger partial charge in [-0.15, -0.1) is 0 Å². The number of nitrogens with one attached hydrogen (secondary N) is 1. The molecular weight excluding hydrogens is 186 g/mol. The van der Waals surface area contributed by atoms with Crippen LogP contribution in [0.3, 0.4) is 0 Å². The zero-order valence-electron chi connectivity index (χ0n) is 10.2. The molecule has 1 saturated carbocycles. The van der Waals surface area contributed by atoms with Crippen LogP contribution in [0.1, 0.15) is 52.4 Å². The van der Waals surface area contributed by atoms with Crippen LogP contribution in [0.2, 0.25) is 0 Å². The van der Waals surface area contributed by atoms with E-state index in [9.17, 15) is 0 Å². The highest BCUT2D eigenvalue weighted by Gasteiger charge is 2.31. The molecule has 0 bridgehead atoms. The third-order valence-corrected chi connectivity index (χ3v) is 4.09. The molecule has 1 aliphatic carbocycles. The summed E-state index contributed by atoms with van der Waals surface area (Å²) in [4.78, 5) is 0. The highest BCUT2D eigenvalue weighted by atomic mass is 16.5. The van der Waals surface area contributed by atoms with Crippen molar-refractivity contribution >= 4 is 0 Å². The van der Waals surface area contributed by atoms with E-state index >= 15 is 0 Å². The molecule has 1 atom stereocenters. The summed E-state index contributed by atoms with van der Waals surface area (Å²) in [5, 5.41) is 3.83. The Bertz CT molecular complexity index is 191. The van der Waals surface area contributed by atoms with Crippen LogP contribution in [0.4, 0.5) is 0 Å². The summed E-state index contributed by atoms with van der Waals surface area (Å²) in [7, 11) is 0. The molecule has 0 spiro atoms. The van der Waals surface area contributed by atoms with Gasteiger partial charge in [-0.3, -0.25) is 0 Å². The molecule has 0 amide bonds. The van der Waals surface area contributed by atoms with Gasteiger partial charge in [0.25, 0.3) is 0 Å². The van der Waals surface area contributed by atoms with Crippen molar-refractivity contribution in [3.05, 3.63) is 0 Å². The largest absolute Gasteiger partial charge is 0.380 e. The second-order valence-electron chi connectivity index (χ2n) is 5.80. The van der Waals surface area contributed by atoms with Gasteiger partial charge in [-0.2, -0.15) is 0 Å². The van der Waals surface area contributed by atoms with Crippen LogP contribution in [0.5, 0.6) is 0 Å². The Hall–Kier alpha value is -0.0800. The van der Waals surface area contributed by atoms with E-state index in [2.05, 4.69) is 19.2 Å². The fraction of sp³-hybridized carbons (Fsp3) is 1.00. The molecule has 0 aromatic rings. The van der Waals surface area contributed by atoms with Gasteiger partial charge in [0.2, 0.25) is 0 Å². The molecule has 0 aromatic heterocycles. The van der Waals surface area contributed by atoms with Crippen molar-refractivity contribution in [2.75, 3.05) is 13.2 Å². The minimum absolute atomic E-state index is 0.387. The van der Waals surface area contributed by atoms with E-state index in [1.165, 1.54) is 38.5 Å². The predicted molar refractivity (Wildman–Crippen MR) is 63.0 cm³/mol. The molecule has 0 radical (unpaired) electrons. The first-order valence-electron chi connectivity index (χ1n) is 6.53. The minimum Gasteiger partial charge on any atom is -0.380 e. The molecule has 1 heterocycles. The molecular formula is C13H25NO. The van der Waals surface area contributed by atoms with Gasteiger partial charge in [0.05, 0.1) is 6.61 Å². The second-order valence-corrected chi connectivity index (χ2v) is 5.80. The molecule has 2 nitrogen and oxygen atoms in total. The summed E-state index contributed by atoms with van der Waals surface area (Å²) < 4.78 is 5.53. The molecule has 1 unspecified atom stereocenters. The normalized spacial score (nSPS) is 42.8. The van der Waals surface area contributed by atoms with Crippen LogP contribution in [0, 0.1) is 5.92 Å². The highest BCUT2D eigenvalue weighted by molar-refractivity contribution is 4.91. The minimum atomic E-state index is 0.387. The first kappa shape index (κ1) is 11.4. The van der Waals surface area contributed by atoms with Crippen molar-refractivity contribution in [2.45, 2.75) is 64.0 Å². The number of rotatable bonds is 2. The monoisotopic (exact) mass is 211 g/mol. The van der Waals surface area contributed by atoms with Crippen LogP contribution >= 0.6 is 0 Å². The molecule has 0 aromatic carbocycles. The van der Waals surface area contributed by atoms with Crippen molar-refractivity contribution < 1.29 is 4.74 Å². The number of hydrogen-bond acceptors (Lipinski definition) is 2. The average molecular weight is 211 g/mol. The number of ether oxygens (including phenoxy) is 1. The molecule has 2 rings (SSSR count). The smallest absolute Gasteiger partial charge is 0.0619 e. The van der Waals surface area contributed by atoms with E-state index in [1.807, 2.05) is 0 Å². The predicted octanol–water partition coefficient (Wildman–Crippen LogP) is 2.72. The van der Waals surface area contributed by atoms with E-state index in [0.717, 1.165) is 19.1 Å². The van der Waals surface area contributed by atoms with E-state index in [0.29, 0.717) is 11.6 Å². The van der Waals surface area contributed by atoms with Crippen molar-refractivity contribution in [3.63, 3.8) is 0 Å². The number of hydrogen-bond donors (Lipinski definition) is 1. The van der Waals surface area contributed by atoms with Crippen LogP contribution < -0.4 is 5.32 Å². The van der Waals surface area contributed by atoms with Crippen LogP contribution in [-0.4, -0.2) is 24.8 Å². The van der Waals surface area contributed by atoms with Gasteiger partial charge in [0, 0.05) is 18.2 Å². The van der Waals surface area contributed by atoms with E-state index < -0.39 is 0 Å². The van der Waals surface area contributed by atoms with Crippen molar-refractivity contribution in [1.82, 2.24) is 5.32 Å². The van der Waals surface area contributed by atoms with Crippen molar-refractivity contribution in [2.24, 2.45) is 5.92 Å². The van der Waals surface area contributed by atoms with Gasteiger partial charge < -0.3 is 10.1 Å². The lowest BCUT2D eigenvalue weighted by Crippen LogP contribution is -2.52. The molecule has 1 saturated heterocycles. The molecule has 2 aliphatic rings. The molecule has 2 heteroatoms. The topological polar surface area (TPSA) is 21.3 Å². The molecule has 2 fully saturated rings. The summed E-state index contributed by atoms with van der Waals surface area (Å²) in [6.45, 7) is 6.66. The van der Waals surface area contributed by atoms with E-state index in [4.69, 9.17) is 4.74 Å². The quantitative estimate of drug-likeness (QED) is 0.758.